The van der Waals surface area contributed by atoms with Crippen LogP contribution in [0.5, 0.6) is 0 Å². The van der Waals surface area contributed by atoms with E-state index in [2.05, 4.69) is 0 Å². The van der Waals surface area contributed by atoms with Gasteiger partial charge in [0.2, 0.25) is 5.91 Å². The highest BCUT2D eigenvalue weighted by Gasteiger charge is 2.41. The average molecular weight is 317 g/mol. The molecule has 1 atom stereocenters. The summed E-state index contributed by atoms with van der Waals surface area (Å²) in [4.78, 5) is 13.0. The summed E-state index contributed by atoms with van der Waals surface area (Å²) in [7, 11) is -3.79. The number of amides is 1. The molecule has 0 saturated carbocycles. The smallest absolute Gasteiger partial charge is 0.271 e. The summed E-state index contributed by atoms with van der Waals surface area (Å²) in [6, 6.07) is 10.5. The van der Waals surface area contributed by atoms with E-state index in [-0.39, 0.29) is 16.7 Å². The molecule has 2 aromatic rings. The molecule has 3 rings (SSSR count). The number of rotatable bonds is 3. The van der Waals surface area contributed by atoms with Crippen LogP contribution in [-0.2, 0) is 14.8 Å². The minimum atomic E-state index is -3.79. The van der Waals surface area contributed by atoms with Gasteiger partial charge in [-0.15, -0.1) is 0 Å². The standard InChI is InChI=1S/C17H19NO3S/c1-11(2)10-12(3)17(19)18-14-8-4-6-13-7-5-9-15(16(13)14)22(18,20)21/h4-9,11-12H,10H2,1-3H3. The zero-order chi connectivity index (χ0) is 16.1. The van der Waals surface area contributed by atoms with E-state index < -0.39 is 10.0 Å². The maximum atomic E-state index is 12.8. The summed E-state index contributed by atoms with van der Waals surface area (Å²) in [5.74, 6) is -0.348. The second-order valence-electron chi connectivity index (χ2n) is 6.27. The third-order valence-electron chi connectivity index (χ3n) is 4.03. The Balaban J connectivity index is 2.16. The molecule has 4 nitrogen and oxygen atoms in total. The minimum absolute atomic E-state index is 0.227. The number of sulfonamides is 1. The molecule has 0 N–H and O–H groups in total. The lowest BCUT2D eigenvalue weighted by molar-refractivity contribution is -0.121. The highest BCUT2D eigenvalue weighted by Crippen LogP contribution is 2.42. The summed E-state index contributed by atoms with van der Waals surface area (Å²) in [5.41, 5.74) is 0.480. The van der Waals surface area contributed by atoms with Gasteiger partial charge in [-0.05, 0) is 29.9 Å². The second-order valence-corrected chi connectivity index (χ2v) is 8.02. The van der Waals surface area contributed by atoms with Crippen molar-refractivity contribution in [2.75, 3.05) is 4.31 Å². The topological polar surface area (TPSA) is 54.5 Å². The highest BCUT2D eigenvalue weighted by molar-refractivity contribution is 7.94. The number of anilines is 1. The van der Waals surface area contributed by atoms with Gasteiger partial charge < -0.3 is 0 Å². The zero-order valence-electron chi connectivity index (χ0n) is 12.9. The van der Waals surface area contributed by atoms with Crippen LogP contribution in [0.1, 0.15) is 27.2 Å². The molecule has 1 aliphatic rings. The van der Waals surface area contributed by atoms with Crippen molar-refractivity contribution in [3.05, 3.63) is 36.4 Å². The molecule has 0 bridgehead atoms. The van der Waals surface area contributed by atoms with Crippen LogP contribution in [0.3, 0.4) is 0 Å². The molecule has 0 spiro atoms. The van der Waals surface area contributed by atoms with Crippen molar-refractivity contribution < 1.29 is 13.2 Å². The fourth-order valence-corrected chi connectivity index (χ4v) is 4.90. The van der Waals surface area contributed by atoms with Crippen LogP contribution in [-0.4, -0.2) is 14.3 Å². The van der Waals surface area contributed by atoms with Gasteiger partial charge in [0.15, 0.2) is 0 Å². The van der Waals surface area contributed by atoms with Crippen LogP contribution in [0.15, 0.2) is 41.3 Å². The van der Waals surface area contributed by atoms with E-state index >= 15 is 0 Å². The van der Waals surface area contributed by atoms with E-state index in [1.165, 1.54) is 0 Å². The van der Waals surface area contributed by atoms with E-state index in [1.54, 1.807) is 31.2 Å². The van der Waals surface area contributed by atoms with Gasteiger partial charge in [0.25, 0.3) is 10.0 Å². The maximum absolute atomic E-state index is 12.8. The molecule has 0 aromatic heterocycles. The molecule has 0 radical (unpaired) electrons. The fraction of sp³-hybridized carbons (Fsp3) is 0.353. The van der Waals surface area contributed by atoms with Gasteiger partial charge in [-0.1, -0.05) is 45.0 Å². The summed E-state index contributed by atoms with van der Waals surface area (Å²) >= 11 is 0. The van der Waals surface area contributed by atoms with Crippen LogP contribution in [0.25, 0.3) is 10.8 Å². The first-order valence-electron chi connectivity index (χ1n) is 7.45. The molecule has 5 heteroatoms. The summed E-state index contributed by atoms with van der Waals surface area (Å²) in [6.07, 6.45) is 0.664. The van der Waals surface area contributed by atoms with Crippen LogP contribution < -0.4 is 4.31 Å². The molecular weight excluding hydrogens is 298 g/mol. The van der Waals surface area contributed by atoms with Crippen molar-refractivity contribution in [1.29, 1.82) is 0 Å². The van der Waals surface area contributed by atoms with Crippen molar-refractivity contribution in [3.63, 3.8) is 0 Å². The lowest BCUT2D eigenvalue weighted by atomic mass is 9.98. The Morgan fingerprint density at radius 1 is 1.09 bits per heavy atom. The summed E-state index contributed by atoms with van der Waals surface area (Å²) < 4.78 is 26.6. The molecule has 2 aromatic carbocycles. The molecule has 22 heavy (non-hydrogen) atoms. The van der Waals surface area contributed by atoms with Gasteiger partial charge in [-0.3, -0.25) is 4.79 Å². The molecular formula is C17H19NO3S. The van der Waals surface area contributed by atoms with Crippen molar-refractivity contribution in [3.8, 4) is 0 Å². The number of hydrogen-bond acceptors (Lipinski definition) is 3. The van der Waals surface area contributed by atoms with E-state index in [4.69, 9.17) is 0 Å². The van der Waals surface area contributed by atoms with Crippen molar-refractivity contribution >= 4 is 32.4 Å². The van der Waals surface area contributed by atoms with E-state index in [9.17, 15) is 13.2 Å². The lowest BCUT2D eigenvalue weighted by Gasteiger charge is -2.22. The number of carbonyl (C=O) groups excluding carboxylic acids is 1. The van der Waals surface area contributed by atoms with Gasteiger partial charge in [0.05, 0.1) is 10.6 Å². The van der Waals surface area contributed by atoms with Crippen LogP contribution in [0, 0.1) is 11.8 Å². The van der Waals surface area contributed by atoms with Crippen LogP contribution in [0.2, 0.25) is 0 Å². The molecule has 0 aliphatic carbocycles. The lowest BCUT2D eigenvalue weighted by Crippen LogP contribution is -2.38. The van der Waals surface area contributed by atoms with Gasteiger partial charge in [0, 0.05) is 11.3 Å². The minimum Gasteiger partial charge on any atom is -0.273 e. The number of carbonyl (C=O) groups is 1. The van der Waals surface area contributed by atoms with Crippen molar-refractivity contribution in [2.24, 2.45) is 11.8 Å². The molecule has 1 aliphatic heterocycles. The second kappa shape index (κ2) is 5.09. The maximum Gasteiger partial charge on any atom is 0.271 e. The predicted molar refractivity (Wildman–Crippen MR) is 87.2 cm³/mol. The molecule has 0 fully saturated rings. The highest BCUT2D eigenvalue weighted by atomic mass is 32.2. The quantitative estimate of drug-likeness (QED) is 0.870. The first-order valence-corrected chi connectivity index (χ1v) is 8.89. The zero-order valence-corrected chi connectivity index (χ0v) is 13.7. The molecule has 1 heterocycles. The van der Waals surface area contributed by atoms with E-state index in [0.717, 1.165) is 9.69 Å². The third-order valence-corrected chi connectivity index (χ3v) is 5.78. The number of benzene rings is 2. The largest absolute Gasteiger partial charge is 0.273 e. The SMILES string of the molecule is CC(C)CC(C)C(=O)N1c2cccc3cccc(c23)S1(=O)=O. The van der Waals surface area contributed by atoms with E-state index in [1.807, 2.05) is 26.0 Å². The van der Waals surface area contributed by atoms with Gasteiger partial charge in [-0.25, -0.2) is 12.7 Å². The summed E-state index contributed by atoms with van der Waals surface area (Å²) in [6.45, 7) is 5.84. The predicted octanol–water partition coefficient (Wildman–Crippen LogP) is 3.56. The van der Waals surface area contributed by atoms with Crippen molar-refractivity contribution in [1.82, 2.24) is 0 Å². The number of nitrogens with zero attached hydrogens (tertiary/aromatic N) is 1. The number of hydrogen-bond donors (Lipinski definition) is 0. The summed E-state index contributed by atoms with van der Waals surface area (Å²) in [5, 5.41) is 1.49. The Labute approximate surface area is 130 Å². The van der Waals surface area contributed by atoms with Gasteiger partial charge in [0.1, 0.15) is 0 Å². The Morgan fingerprint density at radius 3 is 2.36 bits per heavy atom. The monoisotopic (exact) mass is 317 g/mol. The third kappa shape index (κ3) is 2.11. The first kappa shape index (κ1) is 15.0. The van der Waals surface area contributed by atoms with Crippen molar-refractivity contribution in [2.45, 2.75) is 32.1 Å². The van der Waals surface area contributed by atoms with Gasteiger partial charge in [-0.2, -0.15) is 0 Å². The molecule has 1 unspecified atom stereocenters. The average Bonchev–Trinajstić information content (AvgIpc) is 2.68. The van der Waals surface area contributed by atoms with Gasteiger partial charge >= 0.3 is 0 Å². The Hall–Kier alpha value is -1.88. The molecule has 1 amide bonds. The van der Waals surface area contributed by atoms with Crippen LogP contribution in [0.4, 0.5) is 5.69 Å². The molecule has 0 saturated heterocycles. The van der Waals surface area contributed by atoms with Crippen LogP contribution >= 0.6 is 0 Å². The Kier molecular flexibility index (Phi) is 3.48. The fourth-order valence-electron chi connectivity index (χ4n) is 3.14. The Bertz CT molecular complexity index is 850. The Morgan fingerprint density at radius 2 is 1.73 bits per heavy atom. The first-order chi connectivity index (χ1) is 10.3. The molecule has 116 valence electrons. The van der Waals surface area contributed by atoms with E-state index in [0.29, 0.717) is 23.4 Å². The normalized spacial score (nSPS) is 17.2.